The van der Waals surface area contributed by atoms with Gasteiger partial charge < -0.3 is 0 Å². The Morgan fingerprint density at radius 2 is 1.96 bits per heavy atom. The molecule has 7 atom stereocenters. The van der Waals surface area contributed by atoms with E-state index in [1.54, 1.807) is 10.4 Å². The second-order valence-electron chi connectivity index (χ2n) is 8.17. The number of hydrogen-bond donors (Lipinski definition) is 0. The first-order valence-electron chi connectivity index (χ1n) is 8.54. The summed E-state index contributed by atoms with van der Waals surface area (Å²) in [5, 5.41) is 4.98. The summed E-state index contributed by atoms with van der Waals surface area (Å²) in [6.45, 7) is 5.05. The summed E-state index contributed by atoms with van der Waals surface area (Å²) in [7, 11) is -0.667. The highest BCUT2D eigenvalue weighted by molar-refractivity contribution is 9.10. The van der Waals surface area contributed by atoms with Crippen molar-refractivity contribution < 1.29 is 0 Å². The first kappa shape index (κ1) is 17.8. The standard InChI is InChI=1S/C18H26Br2S3/c1-9-5-11-13(19)7-21-15(11)17(9)23(3,4)18-10(2)6-12-14(20)8-22-16(12)18/h7,9-10,12,14,16-18H,5-6,8H2,1-4H3. The Kier molecular flexibility index (Phi) is 4.80. The van der Waals surface area contributed by atoms with E-state index in [2.05, 4.69) is 75.4 Å². The highest BCUT2D eigenvalue weighted by atomic mass is 79.9. The van der Waals surface area contributed by atoms with Gasteiger partial charge in [0.2, 0.25) is 0 Å². The van der Waals surface area contributed by atoms with Crippen LogP contribution in [0.25, 0.3) is 0 Å². The van der Waals surface area contributed by atoms with E-state index < -0.39 is 10.0 Å². The molecule has 130 valence electrons. The number of thioether (sulfide) groups is 1. The minimum atomic E-state index is -0.667. The number of alkyl halides is 1. The van der Waals surface area contributed by atoms with Gasteiger partial charge in [-0.3, -0.25) is 0 Å². The molecule has 1 aromatic rings. The Bertz CT molecular complexity index is 611. The third-order valence-electron chi connectivity index (χ3n) is 6.40. The largest absolute Gasteiger partial charge is 0.235 e. The van der Waals surface area contributed by atoms with Crippen LogP contribution < -0.4 is 0 Å². The highest BCUT2D eigenvalue weighted by Gasteiger charge is 2.55. The SMILES string of the molecule is CC1Cc2c(Br)csc2C1S(C)(C)C1C(C)CC2C(Br)CSC21. The predicted octanol–water partition coefficient (Wildman–Crippen LogP) is 6.71. The van der Waals surface area contributed by atoms with Crippen molar-refractivity contribution in [1.29, 1.82) is 0 Å². The van der Waals surface area contributed by atoms with E-state index in [-0.39, 0.29) is 0 Å². The van der Waals surface area contributed by atoms with E-state index in [0.29, 0.717) is 0 Å². The summed E-state index contributed by atoms with van der Waals surface area (Å²) >= 11 is 12.1. The highest BCUT2D eigenvalue weighted by Crippen LogP contribution is 2.72. The van der Waals surface area contributed by atoms with Crippen LogP contribution in [-0.4, -0.2) is 33.6 Å². The Labute approximate surface area is 167 Å². The summed E-state index contributed by atoms with van der Waals surface area (Å²) in [4.78, 5) is 2.48. The Morgan fingerprint density at radius 3 is 2.70 bits per heavy atom. The zero-order valence-electron chi connectivity index (χ0n) is 14.2. The van der Waals surface area contributed by atoms with Crippen LogP contribution in [0, 0.1) is 17.8 Å². The molecule has 0 spiro atoms. The van der Waals surface area contributed by atoms with E-state index in [0.717, 1.165) is 38.3 Å². The second-order valence-corrected chi connectivity index (χ2v) is 16.4. The number of halogens is 2. The maximum Gasteiger partial charge on any atom is 0.0317 e. The summed E-state index contributed by atoms with van der Waals surface area (Å²) in [5.74, 6) is 3.95. The van der Waals surface area contributed by atoms with Gasteiger partial charge >= 0.3 is 0 Å². The molecule has 1 aromatic heterocycles. The van der Waals surface area contributed by atoms with Gasteiger partial charge in [0.25, 0.3) is 0 Å². The fourth-order valence-electron chi connectivity index (χ4n) is 5.65. The van der Waals surface area contributed by atoms with Crippen molar-refractivity contribution in [3.8, 4) is 0 Å². The molecule has 0 nitrogen and oxygen atoms in total. The molecule has 0 radical (unpaired) electrons. The van der Waals surface area contributed by atoms with Crippen LogP contribution >= 0.6 is 65.0 Å². The van der Waals surface area contributed by atoms with Gasteiger partial charge in [0, 0.05) is 41.1 Å². The van der Waals surface area contributed by atoms with Crippen molar-refractivity contribution in [2.75, 3.05) is 18.3 Å². The second kappa shape index (κ2) is 6.21. The summed E-state index contributed by atoms with van der Waals surface area (Å²) < 4.78 is 1.37. The molecule has 1 saturated carbocycles. The summed E-state index contributed by atoms with van der Waals surface area (Å²) in [6, 6.07) is 0. The molecule has 0 amide bonds. The molecule has 0 bridgehead atoms. The lowest BCUT2D eigenvalue weighted by Gasteiger charge is -2.49. The Hall–Kier alpha value is 1.36. The molecule has 1 saturated heterocycles. The first-order valence-corrected chi connectivity index (χ1v) is 14.8. The minimum Gasteiger partial charge on any atom is -0.235 e. The zero-order chi connectivity index (χ0) is 16.5. The lowest BCUT2D eigenvalue weighted by molar-refractivity contribution is 0.533. The number of hydrogen-bond acceptors (Lipinski definition) is 2. The van der Waals surface area contributed by atoms with Crippen molar-refractivity contribution in [3.63, 3.8) is 0 Å². The average molecular weight is 498 g/mol. The van der Waals surface area contributed by atoms with Gasteiger partial charge in [-0.05, 0) is 64.6 Å². The van der Waals surface area contributed by atoms with Crippen LogP contribution in [0.3, 0.4) is 0 Å². The Morgan fingerprint density at radius 1 is 1.22 bits per heavy atom. The van der Waals surface area contributed by atoms with E-state index in [9.17, 15) is 0 Å². The van der Waals surface area contributed by atoms with E-state index in [4.69, 9.17) is 0 Å². The fraction of sp³-hybridized carbons (Fsp3) is 0.778. The summed E-state index contributed by atoms with van der Waals surface area (Å²) in [5.41, 5.74) is 1.63. The topological polar surface area (TPSA) is 0 Å². The molecule has 0 N–H and O–H groups in total. The number of fused-ring (bicyclic) bond motifs is 2. The molecule has 3 aliphatic rings. The Balaban J connectivity index is 1.70. The molecular weight excluding hydrogens is 472 g/mol. The molecule has 23 heavy (non-hydrogen) atoms. The lowest BCUT2D eigenvalue weighted by Crippen LogP contribution is -2.33. The third kappa shape index (κ3) is 2.65. The van der Waals surface area contributed by atoms with Crippen molar-refractivity contribution in [2.24, 2.45) is 17.8 Å². The van der Waals surface area contributed by atoms with Gasteiger partial charge in [-0.15, -0.1) is 11.3 Å². The summed E-state index contributed by atoms with van der Waals surface area (Å²) in [6.07, 6.45) is 8.06. The lowest BCUT2D eigenvalue weighted by atomic mass is 10.0. The molecule has 5 heteroatoms. The van der Waals surface area contributed by atoms with Gasteiger partial charge in [-0.1, -0.05) is 29.8 Å². The van der Waals surface area contributed by atoms with Gasteiger partial charge in [0.1, 0.15) is 0 Å². The molecule has 2 aliphatic carbocycles. The normalized spacial score (nSPS) is 43.7. The van der Waals surface area contributed by atoms with Gasteiger partial charge in [0.05, 0.1) is 0 Å². The smallest absolute Gasteiger partial charge is 0.0317 e. The van der Waals surface area contributed by atoms with Crippen LogP contribution in [0.15, 0.2) is 9.85 Å². The average Bonchev–Trinajstić information content (AvgIpc) is 3.16. The molecule has 1 aliphatic heterocycles. The van der Waals surface area contributed by atoms with Gasteiger partial charge in [0.15, 0.2) is 0 Å². The van der Waals surface area contributed by atoms with E-state index >= 15 is 0 Å². The van der Waals surface area contributed by atoms with Crippen molar-refractivity contribution >= 4 is 65.0 Å². The van der Waals surface area contributed by atoms with Crippen LogP contribution in [0.5, 0.6) is 0 Å². The first-order chi connectivity index (χ1) is 10.8. The molecular formula is C18H26Br2S3. The monoisotopic (exact) mass is 496 g/mol. The maximum atomic E-state index is 3.98. The van der Waals surface area contributed by atoms with E-state index in [1.807, 2.05) is 11.3 Å². The van der Waals surface area contributed by atoms with E-state index in [1.165, 1.54) is 23.1 Å². The predicted molar refractivity (Wildman–Crippen MR) is 117 cm³/mol. The van der Waals surface area contributed by atoms with Crippen LogP contribution in [0.2, 0.25) is 0 Å². The maximum absolute atomic E-state index is 3.98. The quantitative estimate of drug-likeness (QED) is 0.409. The van der Waals surface area contributed by atoms with Crippen LogP contribution in [0.1, 0.15) is 36.0 Å². The van der Waals surface area contributed by atoms with Gasteiger partial charge in [-0.25, -0.2) is 10.0 Å². The van der Waals surface area contributed by atoms with Crippen molar-refractivity contribution in [2.45, 2.75) is 47.3 Å². The molecule has 2 heterocycles. The number of rotatable bonds is 2. The van der Waals surface area contributed by atoms with Crippen molar-refractivity contribution in [3.05, 3.63) is 20.3 Å². The number of thiophene rings is 1. The van der Waals surface area contributed by atoms with Crippen LogP contribution in [0.4, 0.5) is 0 Å². The minimum absolute atomic E-state index is 0.667. The third-order valence-corrected chi connectivity index (χ3v) is 16.0. The van der Waals surface area contributed by atoms with Crippen LogP contribution in [-0.2, 0) is 6.42 Å². The molecule has 7 unspecified atom stereocenters. The fourth-order valence-corrected chi connectivity index (χ4v) is 16.9. The zero-order valence-corrected chi connectivity index (χ0v) is 19.8. The van der Waals surface area contributed by atoms with Crippen molar-refractivity contribution in [1.82, 2.24) is 0 Å². The molecule has 4 rings (SSSR count). The molecule has 0 aromatic carbocycles. The molecule has 2 fully saturated rings. The van der Waals surface area contributed by atoms with Gasteiger partial charge in [-0.2, -0.15) is 11.8 Å².